The van der Waals surface area contributed by atoms with Gasteiger partial charge in [-0.1, -0.05) is 57.9 Å². The molecule has 5 nitrogen and oxygen atoms in total. The molecule has 0 aliphatic rings. The molecule has 0 spiro atoms. The Morgan fingerprint density at radius 1 is 1.21 bits per heavy atom. The number of H-pyrrole nitrogens is 1. The van der Waals surface area contributed by atoms with E-state index < -0.39 is 0 Å². The summed E-state index contributed by atoms with van der Waals surface area (Å²) >= 11 is 3.39. The lowest BCUT2D eigenvalue weighted by Gasteiger charge is -1.97. The van der Waals surface area contributed by atoms with Gasteiger partial charge in [-0.2, -0.15) is 10.2 Å². The lowest BCUT2D eigenvalue weighted by atomic mass is 10.1. The van der Waals surface area contributed by atoms with Gasteiger partial charge >= 0.3 is 0 Å². The average molecular weight is 383 g/mol. The average Bonchev–Trinajstić information content (AvgIpc) is 3.05. The van der Waals surface area contributed by atoms with E-state index >= 15 is 0 Å². The highest BCUT2D eigenvalue weighted by Crippen LogP contribution is 2.18. The van der Waals surface area contributed by atoms with Crippen LogP contribution in [0, 0.1) is 6.92 Å². The molecule has 0 aliphatic heterocycles. The Labute approximate surface area is 147 Å². The zero-order chi connectivity index (χ0) is 16.9. The molecule has 0 aliphatic carbocycles. The molecule has 2 N–H and O–H groups in total. The van der Waals surface area contributed by atoms with Crippen LogP contribution in [0.3, 0.4) is 0 Å². The fourth-order valence-electron chi connectivity index (χ4n) is 2.12. The van der Waals surface area contributed by atoms with Crippen LogP contribution in [-0.4, -0.2) is 22.3 Å². The first-order valence-corrected chi connectivity index (χ1v) is 8.12. The van der Waals surface area contributed by atoms with Crippen molar-refractivity contribution in [3.63, 3.8) is 0 Å². The van der Waals surface area contributed by atoms with Crippen molar-refractivity contribution < 1.29 is 4.79 Å². The lowest BCUT2D eigenvalue weighted by molar-refractivity contribution is 0.0950. The Balaban J connectivity index is 1.66. The number of aryl methyl sites for hydroxylation is 1. The third kappa shape index (κ3) is 3.97. The van der Waals surface area contributed by atoms with Crippen LogP contribution in [0.1, 0.15) is 21.6 Å². The maximum absolute atomic E-state index is 12.1. The Morgan fingerprint density at radius 3 is 2.75 bits per heavy atom. The van der Waals surface area contributed by atoms with E-state index in [1.54, 1.807) is 12.3 Å². The number of hydrogen-bond acceptors (Lipinski definition) is 3. The van der Waals surface area contributed by atoms with E-state index in [9.17, 15) is 4.79 Å². The summed E-state index contributed by atoms with van der Waals surface area (Å²) in [4.78, 5) is 12.1. The van der Waals surface area contributed by atoms with E-state index in [1.165, 1.54) is 5.56 Å². The predicted octanol–water partition coefficient (Wildman–Crippen LogP) is 3.91. The predicted molar refractivity (Wildman–Crippen MR) is 98.0 cm³/mol. The Kier molecular flexibility index (Phi) is 4.86. The fraction of sp³-hybridized carbons (Fsp3) is 0.0556. The monoisotopic (exact) mass is 382 g/mol. The summed E-state index contributed by atoms with van der Waals surface area (Å²) in [5, 5.41) is 10.9. The molecular weight excluding hydrogens is 368 g/mol. The van der Waals surface area contributed by atoms with E-state index in [4.69, 9.17) is 0 Å². The number of rotatable bonds is 4. The molecule has 0 saturated heterocycles. The number of aromatic amines is 1. The van der Waals surface area contributed by atoms with Gasteiger partial charge < -0.3 is 0 Å². The highest BCUT2D eigenvalue weighted by molar-refractivity contribution is 9.10. The van der Waals surface area contributed by atoms with Crippen molar-refractivity contribution in [2.24, 2.45) is 5.10 Å². The van der Waals surface area contributed by atoms with E-state index in [1.807, 2.05) is 55.5 Å². The number of amides is 1. The van der Waals surface area contributed by atoms with E-state index in [0.29, 0.717) is 5.69 Å². The summed E-state index contributed by atoms with van der Waals surface area (Å²) in [6.45, 7) is 2.02. The molecular formula is C18H15BrN4O. The molecule has 1 heterocycles. The normalized spacial score (nSPS) is 10.9. The van der Waals surface area contributed by atoms with Crippen LogP contribution in [-0.2, 0) is 0 Å². The molecule has 0 saturated carbocycles. The van der Waals surface area contributed by atoms with Crippen LogP contribution >= 0.6 is 15.9 Å². The van der Waals surface area contributed by atoms with Gasteiger partial charge in [0.2, 0.25) is 0 Å². The van der Waals surface area contributed by atoms with Gasteiger partial charge in [-0.3, -0.25) is 9.89 Å². The van der Waals surface area contributed by atoms with E-state index in [2.05, 4.69) is 36.7 Å². The topological polar surface area (TPSA) is 70.1 Å². The van der Waals surface area contributed by atoms with Crippen LogP contribution in [0.15, 0.2) is 64.2 Å². The third-order valence-corrected chi connectivity index (χ3v) is 3.89. The van der Waals surface area contributed by atoms with Gasteiger partial charge in [0, 0.05) is 10.0 Å². The molecule has 0 atom stereocenters. The molecule has 120 valence electrons. The maximum Gasteiger partial charge on any atom is 0.289 e. The molecule has 1 aromatic heterocycles. The van der Waals surface area contributed by atoms with Gasteiger partial charge in [-0.15, -0.1) is 0 Å². The maximum atomic E-state index is 12.1. The second-order valence-electron chi connectivity index (χ2n) is 5.29. The summed E-state index contributed by atoms with van der Waals surface area (Å²) in [7, 11) is 0. The lowest BCUT2D eigenvalue weighted by Crippen LogP contribution is -2.17. The first kappa shape index (κ1) is 16.1. The van der Waals surface area contributed by atoms with Gasteiger partial charge in [0.05, 0.1) is 11.9 Å². The number of nitrogens with one attached hydrogen (secondary N) is 2. The van der Waals surface area contributed by atoms with Crippen molar-refractivity contribution in [2.45, 2.75) is 6.92 Å². The van der Waals surface area contributed by atoms with Crippen LogP contribution in [0.25, 0.3) is 11.3 Å². The van der Waals surface area contributed by atoms with Gasteiger partial charge in [-0.25, -0.2) is 5.43 Å². The van der Waals surface area contributed by atoms with E-state index in [-0.39, 0.29) is 5.91 Å². The minimum Gasteiger partial charge on any atom is -0.272 e. The number of hydrogen-bond donors (Lipinski definition) is 2. The second-order valence-corrected chi connectivity index (χ2v) is 6.20. The molecule has 0 fully saturated rings. The number of benzene rings is 2. The van der Waals surface area contributed by atoms with Gasteiger partial charge in [0.1, 0.15) is 5.69 Å². The minimum absolute atomic E-state index is 0.341. The number of hydrazone groups is 1. The highest BCUT2D eigenvalue weighted by Gasteiger charge is 2.10. The Hall–Kier alpha value is -2.73. The summed E-state index contributed by atoms with van der Waals surface area (Å²) in [6.07, 6.45) is 1.58. The van der Waals surface area contributed by atoms with Crippen molar-refractivity contribution in [3.8, 4) is 11.3 Å². The van der Waals surface area contributed by atoms with Gasteiger partial charge in [0.25, 0.3) is 5.91 Å². The molecule has 0 radical (unpaired) electrons. The molecule has 2 aromatic carbocycles. The number of nitrogens with zero attached hydrogens (tertiary/aromatic N) is 2. The molecule has 1 amide bonds. The molecule has 0 unspecified atom stereocenters. The summed E-state index contributed by atoms with van der Waals surface area (Å²) in [5.74, 6) is -0.341. The molecule has 6 heteroatoms. The smallest absolute Gasteiger partial charge is 0.272 e. The SMILES string of the molecule is Cc1ccc(-c2cc(C(=O)N/N=C\c3cccc(Br)c3)[nH]n2)cc1. The van der Waals surface area contributed by atoms with Crippen molar-refractivity contribution in [1.82, 2.24) is 15.6 Å². The van der Waals surface area contributed by atoms with Crippen LogP contribution in [0.2, 0.25) is 0 Å². The van der Waals surface area contributed by atoms with Crippen LogP contribution in [0.5, 0.6) is 0 Å². The number of carbonyl (C=O) groups excluding carboxylic acids is 1. The first-order valence-electron chi connectivity index (χ1n) is 7.33. The van der Waals surface area contributed by atoms with Crippen molar-refractivity contribution in [2.75, 3.05) is 0 Å². The zero-order valence-corrected chi connectivity index (χ0v) is 14.5. The largest absolute Gasteiger partial charge is 0.289 e. The zero-order valence-electron chi connectivity index (χ0n) is 13.0. The molecule has 3 aromatic rings. The number of carbonyl (C=O) groups is 1. The number of halogens is 1. The summed E-state index contributed by atoms with van der Waals surface area (Å²) in [6, 6.07) is 17.3. The number of aromatic nitrogens is 2. The Morgan fingerprint density at radius 2 is 2.00 bits per heavy atom. The fourth-order valence-corrected chi connectivity index (χ4v) is 2.54. The Bertz CT molecular complexity index is 884. The van der Waals surface area contributed by atoms with Crippen LogP contribution < -0.4 is 5.43 Å². The van der Waals surface area contributed by atoms with Gasteiger partial charge in [-0.05, 0) is 30.7 Å². The summed E-state index contributed by atoms with van der Waals surface area (Å²) in [5.41, 5.74) is 6.57. The molecule has 24 heavy (non-hydrogen) atoms. The van der Waals surface area contributed by atoms with Crippen molar-refractivity contribution in [1.29, 1.82) is 0 Å². The van der Waals surface area contributed by atoms with Crippen LogP contribution in [0.4, 0.5) is 0 Å². The molecule has 0 bridgehead atoms. The third-order valence-electron chi connectivity index (χ3n) is 3.40. The van der Waals surface area contributed by atoms with E-state index in [0.717, 1.165) is 21.3 Å². The quantitative estimate of drug-likeness (QED) is 0.530. The standard InChI is InChI=1S/C18H15BrN4O/c1-12-5-7-14(8-6-12)16-10-17(22-21-16)18(24)23-20-11-13-3-2-4-15(19)9-13/h2-11H,1H3,(H,21,22)(H,23,24)/b20-11-. The van der Waals surface area contributed by atoms with Crippen molar-refractivity contribution in [3.05, 3.63) is 75.9 Å². The highest BCUT2D eigenvalue weighted by atomic mass is 79.9. The minimum atomic E-state index is -0.341. The van der Waals surface area contributed by atoms with Crippen molar-refractivity contribution >= 4 is 28.1 Å². The first-order chi connectivity index (χ1) is 11.6. The second kappa shape index (κ2) is 7.23. The molecule has 3 rings (SSSR count). The van der Waals surface area contributed by atoms with Gasteiger partial charge in [0.15, 0.2) is 0 Å². The summed E-state index contributed by atoms with van der Waals surface area (Å²) < 4.78 is 0.953.